The first-order valence-corrected chi connectivity index (χ1v) is 10.2. The van der Waals surface area contributed by atoms with E-state index in [1.807, 2.05) is 0 Å². The molecule has 0 saturated carbocycles. The van der Waals surface area contributed by atoms with Gasteiger partial charge in [0.2, 0.25) is 5.91 Å². The summed E-state index contributed by atoms with van der Waals surface area (Å²) in [5.74, 6) is -0.333. The fraction of sp³-hybridized carbons (Fsp3) is 0.0435. The monoisotopic (exact) mass is 475 g/mol. The Morgan fingerprint density at radius 1 is 0.903 bits per heavy atom. The average Bonchev–Trinajstić information content (AvgIpc) is 2.72. The lowest BCUT2D eigenvalue weighted by molar-refractivity contribution is -0.136. The van der Waals surface area contributed by atoms with Gasteiger partial charge in [0, 0.05) is 11.8 Å². The number of aliphatic carboxylic acids is 1. The number of carboxylic acids is 1. The Morgan fingerprint density at radius 3 is 2.29 bits per heavy atom. The van der Waals surface area contributed by atoms with E-state index >= 15 is 0 Å². The van der Waals surface area contributed by atoms with Gasteiger partial charge in [0.1, 0.15) is 11.5 Å². The Hall–Kier alpha value is -2.99. The molecular weight excluding hydrogens is 461 g/mol. The van der Waals surface area contributed by atoms with E-state index in [4.69, 9.17) is 44.6 Å². The highest BCUT2D eigenvalue weighted by atomic mass is 35.5. The van der Waals surface area contributed by atoms with E-state index in [0.717, 1.165) is 5.56 Å². The molecule has 8 heteroatoms. The molecule has 0 aromatic heterocycles. The van der Waals surface area contributed by atoms with Crippen LogP contribution in [0.2, 0.25) is 15.1 Å². The van der Waals surface area contributed by atoms with Crippen LogP contribution in [-0.4, -0.2) is 17.0 Å². The van der Waals surface area contributed by atoms with E-state index in [1.165, 1.54) is 6.08 Å². The summed E-state index contributed by atoms with van der Waals surface area (Å²) in [6.07, 6.45) is 2.90. The number of halogens is 3. The van der Waals surface area contributed by atoms with E-state index < -0.39 is 5.97 Å². The zero-order valence-electron chi connectivity index (χ0n) is 15.9. The van der Waals surface area contributed by atoms with Crippen molar-refractivity contribution in [2.45, 2.75) is 6.42 Å². The molecule has 31 heavy (non-hydrogen) atoms. The SMILES string of the molecule is O=C(O)Cc1ccc(Oc2ccc(NC(=O)/C=C/c3ccc(Cl)c(Cl)c3)cc2)c(Cl)c1. The van der Waals surface area contributed by atoms with Crippen LogP contribution in [0.15, 0.2) is 66.7 Å². The summed E-state index contributed by atoms with van der Waals surface area (Å²) >= 11 is 18.0. The molecule has 3 aromatic rings. The van der Waals surface area contributed by atoms with Gasteiger partial charge in [-0.2, -0.15) is 0 Å². The molecule has 3 rings (SSSR count). The van der Waals surface area contributed by atoms with Crippen molar-refractivity contribution in [3.63, 3.8) is 0 Å². The highest BCUT2D eigenvalue weighted by Crippen LogP contribution is 2.31. The summed E-state index contributed by atoms with van der Waals surface area (Å²) in [6.45, 7) is 0. The molecule has 0 aliphatic heterocycles. The second-order valence-corrected chi connectivity index (χ2v) is 7.68. The van der Waals surface area contributed by atoms with Crippen molar-refractivity contribution in [2.75, 3.05) is 5.32 Å². The van der Waals surface area contributed by atoms with Crippen molar-refractivity contribution in [1.82, 2.24) is 0 Å². The topological polar surface area (TPSA) is 75.6 Å². The van der Waals surface area contributed by atoms with Crippen LogP contribution in [0, 0.1) is 0 Å². The molecule has 5 nitrogen and oxygen atoms in total. The van der Waals surface area contributed by atoms with Crippen LogP contribution in [0.5, 0.6) is 11.5 Å². The van der Waals surface area contributed by atoms with E-state index in [1.54, 1.807) is 66.7 Å². The number of hydrogen-bond acceptors (Lipinski definition) is 3. The van der Waals surface area contributed by atoms with Crippen LogP contribution in [0.3, 0.4) is 0 Å². The van der Waals surface area contributed by atoms with Crippen LogP contribution in [0.25, 0.3) is 6.08 Å². The number of carbonyl (C=O) groups excluding carboxylic acids is 1. The van der Waals surface area contributed by atoms with Gasteiger partial charge < -0.3 is 15.2 Å². The van der Waals surface area contributed by atoms with Gasteiger partial charge in [-0.3, -0.25) is 9.59 Å². The molecule has 2 N–H and O–H groups in total. The maximum absolute atomic E-state index is 12.1. The van der Waals surface area contributed by atoms with Gasteiger partial charge in [-0.25, -0.2) is 0 Å². The molecule has 0 unspecified atom stereocenters. The zero-order chi connectivity index (χ0) is 22.4. The number of amides is 1. The standard InChI is InChI=1S/C23H16Cl3NO4/c24-18-8-1-14(11-19(18)25)3-10-22(28)27-16-4-6-17(7-5-16)31-21-9-2-15(12-20(21)26)13-23(29)30/h1-12H,13H2,(H,27,28)(H,29,30)/b10-3+. The first-order chi connectivity index (χ1) is 14.8. The minimum absolute atomic E-state index is 0.117. The Labute approximate surface area is 193 Å². The third-order valence-electron chi connectivity index (χ3n) is 4.07. The molecule has 3 aromatic carbocycles. The summed E-state index contributed by atoms with van der Waals surface area (Å²) in [5.41, 5.74) is 1.91. The zero-order valence-corrected chi connectivity index (χ0v) is 18.2. The molecular formula is C23H16Cl3NO4. The van der Waals surface area contributed by atoms with E-state index in [0.29, 0.717) is 37.8 Å². The van der Waals surface area contributed by atoms with Crippen LogP contribution >= 0.6 is 34.8 Å². The predicted molar refractivity (Wildman–Crippen MR) is 123 cm³/mol. The van der Waals surface area contributed by atoms with Gasteiger partial charge in [0.25, 0.3) is 0 Å². The van der Waals surface area contributed by atoms with E-state index in [2.05, 4.69) is 5.32 Å². The molecule has 158 valence electrons. The average molecular weight is 477 g/mol. The van der Waals surface area contributed by atoms with Crippen molar-refractivity contribution < 1.29 is 19.4 Å². The lowest BCUT2D eigenvalue weighted by Gasteiger charge is -2.10. The van der Waals surface area contributed by atoms with Crippen LogP contribution in [0.4, 0.5) is 5.69 Å². The Kier molecular flexibility index (Phi) is 7.58. The predicted octanol–water partition coefficient (Wildman–Crippen LogP) is 6.72. The van der Waals surface area contributed by atoms with Crippen molar-refractivity contribution in [1.29, 1.82) is 0 Å². The van der Waals surface area contributed by atoms with E-state index in [-0.39, 0.29) is 12.3 Å². The fourth-order valence-corrected chi connectivity index (χ4v) is 3.17. The molecule has 1 amide bonds. The fourth-order valence-electron chi connectivity index (χ4n) is 2.62. The number of rotatable bonds is 7. The minimum atomic E-state index is -0.936. The highest BCUT2D eigenvalue weighted by Gasteiger charge is 2.08. The summed E-state index contributed by atoms with van der Waals surface area (Å²) in [5, 5.41) is 12.8. The molecule has 0 bridgehead atoms. The number of benzene rings is 3. The van der Waals surface area contributed by atoms with Gasteiger partial charge >= 0.3 is 5.97 Å². The molecule has 0 aliphatic rings. The summed E-state index contributed by atoms with van der Waals surface area (Å²) in [4.78, 5) is 22.9. The van der Waals surface area contributed by atoms with Crippen LogP contribution in [-0.2, 0) is 16.0 Å². The van der Waals surface area contributed by atoms with Crippen molar-refractivity contribution in [2.24, 2.45) is 0 Å². The second-order valence-electron chi connectivity index (χ2n) is 6.46. The maximum atomic E-state index is 12.1. The Balaban J connectivity index is 1.59. The van der Waals surface area contributed by atoms with Gasteiger partial charge in [0.15, 0.2) is 0 Å². The van der Waals surface area contributed by atoms with Gasteiger partial charge in [-0.1, -0.05) is 46.9 Å². The first kappa shape index (κ1) is 22.7. The molecule has 0 radical (unpaired) electrons. The third kappa shape index (κ3) is 6.76. The van der Waals surface area contributed by atoms with Gasteiger partial charge in [-0.15, -0.1) is 0 Å². The smallest absolute Gasteiger partial charge is 0.307 e. The summed E-state index contributed by atoms with van der Waals surface area (Å²) in [7, 11) is 0. The number of carboxylic acid groups (broad SMARTS) is 1. The minimum Gasteiger partial charge on any atom is -0.481 e. The van der Waals surface area contributed by atoms with Crippen LogP contribution in [0.1, 0.15) is 11.1 Å². The molecule has 0 aliphatic carbocycles. The third-order valence-corrected chi connectivity index (χ3v) is 5.11. The summed E-state index contributed by atoms with van der Waals surface area (Å²) in [6, 6.07) is 16.6. The second kappa shape index (κ2) is 10.4. The first-order valence-electron chi connectivity index (χ1n) is 9.02. The molecule has 0 fully saturated rings. The molecule has 0 spiro atoms. The van der Waals surface area contributed by atoms with Crippen molar-refractivity contribution >= 4 is 58.4 Å². The largest absolute Gasteiger partial charge is 0.481 e. The number of anilines is 1. The highest BCUT2D eigenvalue weighted by molar-refractivity contribution is 6.42. The molecule has 0 heterocycles. The van der Waals surface area contributed by atoms with Crippen LogP contribution < -0.4 is 10.1 Å². The number of hydrogen-bond donors (Lipinski definition) is 2. The van der Waals surface area contributed by atoms with Gasteiger partial charge in [-0.05, 0) is 65.7 Å². The number of nitrogens with one attached hydrogen (secondary N) is 1. The maximum Gasteiger partial charge on any atom is 0.307 e. The lowest BCUT2D eigenvalue weighted by Crippen LogP contribution is -2.07. The summed E-state index contributed by atoms with van der Waals surface area (Å²) < 4.78 is 5.73. The Morgan fingerprint density at radius 2 is 1.65 bits per heavy atom. The normalized spacial score (nSPS) is 10.8. The van der Waals surface area contributed by atoms with Crippen molar-refractivity contribution in [3.8, 4) is 11.5 Å². The quantitative estimate of drug-likeness (QED) is 0.371. The number of carbonyl (C=O) groups is 2. The van der Waals surface area contributed by atoms with E-state index in [9.17, 15) is 9.59 Å². The number of ether oxygens (including phenoxy) is 1. The van der Waals surface area contributed by atoms with Gasteiger partial charge in [0.05, 0.1) is 21.5 Å². The molecule has 0 atom stereocenters. The van der Waals surface area contributed by atoms with Crippen molar-refractivity contribution in [3.05, 3.63) is 92.9 Å². The molecule has 0 saturated heterocycles. The Bertz CT molecular complexity index is 1140. The lowest BCUT2D eigenvalue weighted by atomic mass is 10.1.